The quantitative estimate of drug-likeness (QED) is 0.662. The van der Waals surface area contributed by atoms with Gasteiger partial charge in [-0.3, -0.25) is 4.79 Å². The molecule has 0 saturated carbocycles. The van der Waals surface area contributed by atoms with Crippen molar-refractivity contribution >= 4 is 12.1 Å². The minimum Gasteiger partial charge on any atom is -0.454 e. The van der Waals surface area contributed by atoms with Gasteiger partial charge in [-0.2, -0.15) is 5.10 Å². The number of rotatable bonds is 4. The number of carbonyl (C=O) groups excluding carboxylic acids is 1. The van der Waals surface area contributed by atoms with Crippen LogP contribution in [0.5, 0.6) is 11.5 Å². The molecule has 3 rings (SSSR count). The SMILES string of the molecule is CC1(CC(=O)N/N=C/c2ccc3c(c2)OCO3)OCCO1. The highest BCUT2D eigenvalue weighted by atomic mass is 16.7. The Hall–Kier alpha value is -2.12. The predicted molar refractivity (Wildman–Crippen MR) is 73.2 cm³/mol. The van der Waals surface area contributed by atoms with E-state index in [1.54, 1.807) is 25.3 Å². The van der Waals surface area contributed by atoms with Crippen molar-refractivity contribution in [1.82, 2.24) is 5.43 Å². The number of benzene rings is 1. The molecule has 0 aliphatic carbocycles. The van der Waals surface area contributed by atoms with Gasteiger partial charge < -0.3 is 18.9 Å². The van der Waals surface area contributed by atoms with Gasteiger partial charge in [-0.1, -0.05) is 0 Å². The Kier molecular flexibility index (Phi) is 3.76. The maximum absolute atomic E-state index is 11.8. The molecule has 0 radical (unpaired) electrons. The van der Waals surface area contributed by atoms with Crippen LogP contribution in [-0.2, 0) is 14.3 Å². The first-order valence-corrected chi connectivity index (χ1v) is 6.64. The second-order valence-corrected chi connectivity index (χ2v) is 4.91. The molecular formula is C14H16N2O5. The Balaban J connectivity index is 1.53. The summed E-state index contributed by atoms with van der Waals surface area (Å²) in [5.41, 5.74) is 3.25. The normalized spacial score (nSPS) is 19.1. The van der Waals surface area contributed by atoms with Crippen molar-refractivity contribution in [2.75, 3.05) is 20.0 Å². The molecule has 0 aromatic heterocycles. The number of nitrogens with zero attached hydrogens (tertiary/aromatic N) is 1. The summed E-state index contributed by atoms with van der Waals surface area (Å²) < 4.78 is 21.2. The lowest BCUT2D eigenvalue weighted by molar-refractivity contribution is -0.159. The van der Waals surface area contributed by atoms with E-state index in [1.807, 2.05) is 6.07 Å². The van der Waals surface area contributed by atoms with E-state index in [4.69, 9.17) is 18.9 Å². The first kappa shape index (κ1) is 13.8. The van der Waals surface area contributed by atoms with Crippen molar-refractivity contribution in [3.8, 4) is 11.5 Å². The molecule has 1 fully saturated rings. The zero-order chi connectivity index (χ0) is 14.7. The smallest absolute Gasteiger partial charge is 0.245 e. The van der Waals surface area contributed by atoms with Crippen LogP contribution in [0.15, 0.2) is 23.3 Å². The average molecular weight is 292 g/mol. The van der Waals surface area contributed by atoms with Gasteiger partial charge in [0.2, 0.25) is 12.7 Å². The minimum atomic E-state index is -0.849. The zero-order valence-corrected chi connectivity index (χ0v) is 11.6. The fourth-order valence-electron chi connectivity index (χ4n) is 2.16. The highest BCUT2D eigenvalue weighted by Crippen LogP contribution is 2.31. The molecular weight excluding hydrogens is 276 g/mol. The van der Waals surface area contributed by atoms with E-state index in [0.29, 0.717) is 24.7 Å². The molecule has 0 bridgehead atoms. The highest BCUT2D eigenvalue weighted by molar-refractivity contribution is 5.83. The van der Waals surface area contributed by atoms with E-state index in [2.05, 4.69) is 10.5 Å². The minimum absolute atomic E-state index is 0.103. The first-order valence-electron chi connectivity index (χ1n) is 6.64. The Bertz CT molecular complexity index is 566. The summed E-state index contributed by atoms with van der Waals surface area (Å²) in [6.45, 7) is 2.97. The number of fused-ring (bicyclic) bond motifs is 1. The van der Waals surface area contributed by atoms with Gasteiger partial charge in [0.15, 0.2) is 17.3 Å². The van der Waals surface area contributed by atoms with Crippen LogP contribution < -0.4 is 14.9 Å². The predicted octanol–water partition coefficient (Wildman–Crippen LogP) is 1.02. The number of amides is 1. The number of nitrogens with one attached hydrogen (secondary N) is 1. The fraction of sp³-hybridized carbons (Fsp3) is 0.429. The lowest BCUT2D eigenvalue weighted by atomic mass is 10.2. The molecule has 1 N–H and O–H groups in total. The number of hydrogen-bond donors (Lipinski definition) is 1. The largest absolute Gasteiger partial charge is 0.454 e. The third-order valence-corrected chi connectivity index (χ3v) is 3.18. The summed E-state index contributed by atoms with van der Waals surface area (Å²) in [7, 11) is 0. The Labute approximate surface area is 121 Å². The van der Waals surface area contributed by atoms with E-state index < -0.39 is 5.79 Å². The second kappa shape index (κ2) is 5.71. The lowest BCUT2D eigenvalue weighted by Gasteiger charge is -2.20. The third kappa shape index (κ3) is 3.32. The van der Waals surface area contributed by atoms with E-state index >= 15 is 0 Å². The van der Waals surface area contributed by atoms with E-state index in [1.165, 1.54) is 0 Å². The van der Waals surface area contributed by atoms with Gasteiger partial charge in [0.1, 0.15) is 0 Å². The third-order valence-electron chi connectivity index (χ3n) is 3.18. The standard InChI is InChI=1S/C14H16N2O5/c1-14(20-4-5-21-14)7-13(17)16-15-8-10-2-3-11-12(6-10)19-9-18-11/h2-3,6,8H,4-5,7,9H2,1H3,(H,16,17)/b15-8+. The van der Waals surface area contributed by atoms with E-state index in [0.717, 1.165) is 5.56 Å². The zero-order valence-electron chi connectivity index (χ0n) is 11.6. The molecule has 2 aliphatic rings. The molecule has 0 atom stereocenters. The van der Waals surface area contributed by atoms with Crippen LogP contribution in [-0.4, -0.2) is 37.9 Å². The van der Waals surface area contributed by atoms with Crippen LogP contribution in [0.4, 0.5) is 0 Å². The van der Waals surface area contributed by atoms with Gasteiger partial charge in [-0.05, 0) is 30.7 Å². The molecule has 0 spiro atoms. The van der Waals surface area contributed by atoms with Crippen molar-refractivity contribution in [2.45, 2.75) is 19.1 Å². The summed E-state index contributed by atoms with van der Waals surface area (Å²) in [5.74, 6) is 0.264. The molecule has 7 heteroatoms. The summed E-state index contributed by atoms with van der Waals surface area (Å²) in [6.07, 6.45) is 1.64. The highest BCUT2D eigenvalue weighted by Gasteiger charge is 2.33. The fourth-order valence-corrected chi connectivity index (χ4v) is 2.16. The molecule has 1 saturated heterocycles. The van der Waals surface area contributed by atoms with Crippen LogP contribution in [0, 0.1) is 0 Å². The molecule has 2 aliphatic heterocycles. The Morgan fingerprint density at radius 2 is 2.10 bits per heavy atom. The molecule has 1 aromatic rings. The molecule has 0 unspecified atom stereocenters. The van der Waals surface area contributed by atoms with Gasteiger partial charge in [-0.25, -0.2) is 5.43 Å². The summed E-state index contributed by atoms with van der Waals surface area (Å²) >= 11 is 0. The molecule has 1 aromatic carbocycles. The lowest BCUT2D eigenvalue weighted by Crippen LogP contribution is -2.33. The average Bonchev–Trinajstić information content (AvgIpc) is 3.07. The van der Waals surface area contributed by atoms with Crippen molar-refractivity contribution in [1.29, 1.82) is 0 Å². The molecule has 112 valence electrons. The summed E-state index contributed by atoms with van der Waals surface area (Å²) in [4.78, 5) is 11.8. The van der Waals surface area contributed by atoms with E-state index in [-0.39, 0.29) is 19.1 Å². The van der Waals surface area contributed by atoms with Gasteiger partial charge in [0.05, 0.1) is 25.8 Å². The van der Waals surface area contributed by atoms with Gasteiger partial charge >= 0.3 is 0 Å². The van der Waals surface area contributed by atoms with Crippen LogP contribution in [0.1, 0.15) is 18.9 Å². The summed E-state index contributed by atoms with van der Waals surface area (Å²) in [5, 5.41) is 3.91. The molecule has 7 nitrogen and oxygen atoms in total. The monoisotopic (exact) mass is 292 g/mol. The maximum Gasteiger partial charge on any atom is 0.245 e. The maximum atomic E-state index is 11.8. The van der Waals surface area contributed by atoms with Crippen LogP contribution in [0.2, 0.25) is 0 Å². The van der Waals surface area contributed by atoms with Crippen LogP contribution >= 0.6 is 0 Å². The van der Waals surface area contributed by atoms with Crippen molar-refractivity contribution < 1.29 is 23.7 Å². The van der Waals surface area contributed by atoms with Gasteiger partial charge in [0, 0.05) is 0 Å². The first-order chi connectivity index (χ1) is 10.1. The Morgan fingerprint density at radius 1 is 1.33 bits per heavy atom. The molecule has 21 heavy (non-hydrogen) atoms. The van der Waals surface area contributed by atoms with Gasteiger partial charge in [-0.15, -0.1) is 0 Å². The molecule has 2 heterocycles. The number of hydrazone groups is 1. The van der Waals surface area contributed by atoms with Crippen LogP contribution in [0.25, 0.3) is 0 Å². The summed E-state index contributed by atoms with van der Waals surface area (Å²) in [6, 6.07) is 5.42. The van der Waals surface area contributed by atoms with E-state index in [9.17, 15) is 4.79 Å². The Morgan fingerprint density at radius 3 is 2.90 bits per heavy atom. The second-order valence-electron chi connectivity index (χ2n) is 4.91. The van der Waals surface area contributed by atoms with Gasteiger partial charge in [0.25, 0.3) is 0 Å². The molecule has 1 amide bonds. The topological polar surface area (TPSA) is 78.4 Å². The van der Waals surface area contributed by atoms with Crippen molar-refractivity contribution in [3.05, 3.63) is 23.8 Å². The van der Waals surface area contributed by atoms with Crippen molar-refractivity contribution in [3.63, 3.8) is 0 Å². The van der Waals surface area contributed by atoms with Crippen LogP contribution in [0.3, 0.4) is 0 Å². The number of carbonyl (C=O) groups is 1. The number of hydrogen-bond acceptors (Lipinski definition) is 6. The van der Waals surface area contributed by atoms with Crippen molar-refractivity contribution in [2.24, 2.45) is 5.10 Å². The number of ether oxygens (including phenoxy) is 4.